The second-order valence-electron chi connectivity index (χ2n) is 3.82. The van der Waals surface area contributed by atoms with Crippen LogP contribution in [0.2, 0.25) is 0 Å². The van der Waals surface area contributed by atoms with E-state index in [0.717, 1.165) is 5.56 Å². The van der Waals surface area contributed by atoms with Crippen molar-refractivity contribution in [1.82, 2.24) is 9.71 Å². The molecule has 0 aliphatic heterocycles. The highest BCUT2D eigenvalue weighted by Crippen LogP contribution is 2.05. The molecule has 0 aliphatic carbocycles. The van der Waals surface area contributed by atoms with Crippen molar-refractivity contribution in [2.24, 2.45) is 0 Å². The van der Waals surface area contributed by atoms with E-state index in [4.69, 9.17) is 0 Å². The number of rotatable bonds is 5. The van der Waals surface area contributed by atoms with Gasteiger partial charge in [0.05, 0.1) is 0 Å². The fraction of sp³-hybridized carbons (Fsp3) is 0.154. The van der Waals surface area contributed by atoms with Crippen LogP contribution in [0.15, 0.2) is 59.8 Å². The zero-order valence-electron chi connectivity index (χ0n) is 9.78. The highest BCUT2D eigenvalue weighted by atomic mass is 32.2. The van der Waals surface area contributed by atoms with Gasteiger partial charge in [-0.3, -0.25) is 4.98 Å². The molecule has 0 saturated carbocycles. The molecule has 1 N–H and O–H groups in total. The lowest BCUT2D eigenvalue weighted by Gasteiger charge is -2.06. The van der Waals surface area contributed by atoms with Crippen molar-refractivity contribution >= 4 is 10.0 Å². The van der Waals surface area contributed by atoms with Gasteiger partial charge in [-0.05, 0) is 24.1 Å². The van der Waals surface area contributed by atoms with Gasteiger partial charge < -0.3 is 0 Å². The Hall–Kier alpha value is -1.72. The second-order valence-corrected chi connectivity index (χ2v) is 5.59. The normalized spacial score (nSPS) is 11.3. The van der Waals surface area contributed by atoms with Crippen molar-refractivity contribution in [2.75, 3.05) is 6.54 Å². The Bertz CT molecular complexity index is 583. The Morgan fingerprint density at radius 1 is 1.06 bits per heavy atom. The van der Waals surface area contributed by atoms with Crippen LogP contribution in [0.25, 0.3) is 0 Å². The van der Waals surface area contributed by atoms with E-state index in [2.05, 4.69) is 9.71 Å². The van der Waals surface area contributed by atoms with Gasteiger partial charge >= 0.3 is 0 Å². The predicted molar refractivity (Wildman–Crippen MR) is 69.6 cm³/mol. The molecule has 94 valence electrons. The van der Waals surface area contributed by atoms with Gasteiger partial charge in [-0.1, -0.05) is 30.3 Å². The summed E-state index contributed by atoms with van der Waals surface area (Å²) in [7, 11) is -3.44. The second kappa shape index (κ2) is 5.75. The monoisotopic (exact) mass is 262 g/mol. The van der Waals surface area contributed by atoms with E-state index in [1.165, 1.54) is 12.3 Å². The number of hydrogen-bond acceptors (Lipinski definition) is 3. The van der Waals surface area contributed by atoms with Crippen molar-refractivity contribution in [3.63, 3.8) is 0 Å². The summed E-state index contributed by atoms with van der Waals surface area (Å²) in [5.41, 5.74) is 1.10. The number of nitrogens with one attached hydrogen (secondary N) is 1. The third-order valence-electron chi connectivity index (χ3n) is 2.49. The molecule has 1 aromatic carbocycles. The first-order valence-electron chi connectivity index (χ1n) is 5.62. The lowest BCUT2D eigenvalue weighted by Crippen LogP contribution is -2.26. The Kier molecular flexibility index (Phi) is 4.07. The van der Waals surface area contributed by atoms with Gasteiger partial charge in [0.25, 0.3) is 0 Å². The van der Waals surface area contributed by atoms with Crippen molar-refractivity contribution in [2.45, 2.75) is 11.3 Å². The molecular weight excluding hydrogens is 248 g/mol. The smallest absolute Gasteiger partial charge is 0.242 e. The summed E-state index contributed by atoms with van der Waals surface area (Å²) in [6.07, 6.45) is 3.55. The van der Waals surface area contributed by atoms with Crippen LogP contribution in [0, 0.1) is 0 Å². The summed E-state index contributed by atoms with van der Waals surface area (Å²) in [5.74, 6) is 0. The zero-order chi connectivity index (χ0) is 12.8. The lowest BCUT2D eigenvalue weighted by molar-refractivity contribution is 0.581. The lowest BCUT2D eigenvalue weighted by atomic mass is 10.2. The van der Waals surface area contributed by atoms with Crippen LogP contribution >= 0.6 is 0 Å². The molecule has 5 heteroatoms. The zero-order valence-corrected chi connectivity index (χ0v) is 10.6. The molecule has 0 aliphatic rings. The van der Waals surface area contributed by atoms with Crippen molar-refractivity contribution in [1.29, 1.82) is 0 Å². The van der Waals surface area contributed by atoms with Crippen LogP contribution in [0.1, 0.15) is 5.56 Å². The van der Waals surface area contributed by atoms with Crippen LogP contribution < -0.4 is 4.72 Å². The number of nitrogens with zero attached hydrogens (tertiary/aromatic N) is 1. The molecule has 0 saturated heterocycles. The maximum Gasteiger partial charge on any atom is 0.242 e. The Labute approximate surface area is 107 Å². The molecule has 0 bridgehead atoms. The molecule has 0 fully saturated rings. The first-order valence-corrected chi connectivity index (χ1v) is 7.10. The molecule has 1 heterocycles. The average molecular weight is 262 g/mol. The molecule has 18 heavy (non-hydrogen) atoms. The van der Waals surface area contributed by atoms with E-state index in [1.54, 1.807) is 12.3 Å². The number of pyridine rings is 1. The first kappa shape index (κ1) is 12.7. The Morgan fingerprint density at radius 3 is 2.50 bits per heavy atom. The predicted octanol–water partition coefficient (Wildman–Crippen LogP) is 1.60. The fourth-order valence-corrected chi connectivity index (χ4v) is 2.56. The van der Waals surface area contributed by atoms with E-state index in [-0.39, 0.29) is 4.90 Å². The van der Waals surface area contributed by atoms with Gasteiger partial charge in [-0.25, -0.2) is 13.1 Å². The van der Waals surface area contributed by atoms with E-state index in [9.17, 15) is 8.42 Å². The first-order chi connectivity index (χ1) is 8.68. The number of aromatic nitrogens is 1. The molecule has 0 unspecified atom stereocenters. The third-order valence-corrected chi connectivity index (χ3v) is 3.94. The highest BCUT2D eigenvalue weighted by Gasteiger charge is 2.12. The Morgan fingerprint density at radius 2 is 1.83 bits per heavy atom. The van der Waals surface area contributed by atoms with Crippen LogP contribution in [-0.4, -0.2) is 19.9 Å². The van der Waals surface area contributed by atoms with E-state index in [1.807, 2.05) is 30.3 Å². The van der Waals surface area contributed by atoms with Crippen LogP contribution in [0.5, 0.6) is 0 Å². The van der Waals surface area contributed by atoms with Gasteiger partial charge in [-0.2, -0.15) is 0 Å². The van der Waals surface area contributed by atoms with E-state index < -0.39 is 10.0 Å². The molecule has 2 aromatic rings. The molecule has 2 rings (SSSR count). The van der Waals surface area contributed by atoms with Crippen LogP contribution in [0.3, 0.4) is 0 Å². The SMILES string of the molecule is O=S(=O)(NCCc1ccccc1)c1cccnc1. The van der Waals surface area contributed by atoms with Gasteiger partial charge in [0, 0.05) is 18.9 Å². The quantitative estimate of drug-likeness (QED) is 0.890. The van der Waals surface area contributed by atoms with Crippen molar-refractivity contribution < 1.29 is 8.42 Å². The highest BCUT2D eigenvalue weighted by molar-refractivity contribution is 7.89. The summed E-state index contributed by atoms with van der Waals surface area (Å²) < 4.78 is 26.3. The standard InChI is InChI=1S/C13H14N2O2S/c16-18(17,13-7-4-9-14-11-13)15-10-8-12-5-2-1-3-6-12/h1-7,9,11,15H,8,10H2. The number of sulfonamides is 1. The number of hydrogen-bond donors (Lipinski definition) is 1. The minimum Gasteiger partial charge on any atom is -0.263 e. The van der Waals surface area contributed by atoms with Crippen LogP contribution in [-0.2, 0) is 16.4 Å². The van der Waals surface area contributed by atoms with Gasteiger partial charge in [0.2, 0.25) is 10.0 Å². The summed E-state index contributed by atoms with van der Waals surface area (Å²) in [4.78, 5) is 3.99. The summed E-state index contributed by atoms with van der Waals surface area (Å²) in [6.45, 7) is 0.376. The summed E-state index contributed by atoms with van der Waals surface area (Å²) >= 11 is 0. The summed E-state index contributed by atoms with van der Waals surface area (Å²) in [6, 6.07) is 12.9. The summed E-state index contributed by atoms with van der Waals surface area (Å²) in [5, 5.41) is 0. The Balaban J connectivity index is 1.95. The topological polar surface area (TPSA) is 59.1 Å². The van der Waals surface area contributed by atoms with Gasteiger partial charge in [-0.15, -0.1) is 0 Å². The maximum atomic E-state index is 11.9. The molecule has 0 atom stereocenters. The minimum absolute atomic E-state index is 0.193. The maximum absolute atomic E-state index is 11.9. The van der Waals surface area contributed by atoms with Gasteiger partial charge in [0.15, 0.2) is 0 Å². The van der Waals surface area contributed by atoms with E-state index >= 15 is 0 Å². The third kappa shape index (κ3) is 3.38. The number of benzene rings is 1. The van der Waals surface area contributed by atoms with E-state index in [0.29, 0.717) is 13.0 Å². The molecule has 1 aromatic heterocycles. The minimum atomic E-state index is -3.44. The molecule has 0 spiro atoms. The molecule has 0 radical (unpaired) electrons. The molecule has 0 amide bonds. The van der Waals surface area contributed by atoms with Gasteiger partial charge in [0.1, 0.15) is 4.90 Å². The van der Waals surface area contributed by atoms with Crippen LogP contribution in [0.4, 0.5) is 0 Å². The molecule has 4 nitrogen and oxygen atoms in total. The van der Waals surface area contributed by atoms with Crippen molar-refractivity contribution in [3.05, 3.63) is 60.4 Å². The average Bonchev–Trinajstić information content (AvgIpc) is 2.41. The largest absolute Gasteiger partial charge is 0.263 e. The fourth-order valence-electron chi connectivity index (χ4n) is 1.56. The molecular formula is C13H14N2O2S. The van der Waals surface area contributed by atoms with Crippen molar-refractivity contribution in [3.8, 4) is 0 Å².